The molecule has 0 aliphatic carbocycles. The molecule has 26 heavy (non-hydrogen) atoms. The maximum atomic E-state index is 13.2. The van der Waals surface area contributed by atoms with Crippen LogP contribution in [0.1, 0.15) is 47.0 Å². The summed E-state index contributed by atoms with van der Waals surface area (Å²) in [5.41, 5.74) is 0.355. The van der Waals surface area contributed by atoms with E-state index in [0.717, 1.165) is 30.6 Å². The Kier molecular flexibility index (Phi) is 5.77. The summed E-state index contributed by atoms with van der Waals surface area (Å²) in [7, 11) is 0. The largest absolute Gasteiger partial charge is 0.338 e. The quantitative estimate of drug-likeness (QED) is 0.838. The topological polar surface area (TPSA) is 87.2 Å². The molecule has 3 rings (SSSR count). The van der Waals surface area contributed by atoms with E-state index < -0.39 is 11.7 Å². The summed E-state index contributed by atoms with van der Waals surface area (Å²) in [6, 6.07) is 5.37. The van der Waals surface area contributed by atoms with E-state index in [-0.39, 0.29) is 17.1 Å². The Morgan fingerprint density at radius 1 is 1.38 bits per heavy atom. The number of likely N-dealkylation sites (tertiary alicyclic amines) is 1. The van der Waals surface area contributed by atoms with E-state index in [1.807, 2.05) is 6.92 Å². The minimum atomic E-state index is -0.445. The molecular weight excluding hydrogens is 357 g/mol. The molecule has 2 N–H and O–H groups in total. The van der Waals surface area contributed by atoms with E-state index in [1.54, 1.807) is 11.0 Å². The number of hydrogen-bond donors (Lipinski definition) is 2. The van der Waals surface area contributed by atoms with Gasteiger partial charge in [0.2, 0.25) is 5.01 Å². The van der Waals surface area contributed by atoms with Gasteiger partial charge >= 0.3 is 6.03 Å². The molecular formula is C17H20FN5O2S. The van der Waals surface area contributed by atoms with Crippen LogP contribution in [0, 0.1) is 5.82 Å². The molecule has 1 saturated heterocycles. The van der Waals surface area contributed by atoms with Crippen molar-refractivity contribution < 1.29 is 14.0 Å². The van der Waals surface area contributed by atoms with Crippen molar-refractivity contribution in [2.24, 2.45) is 0 Å². The highest BCUT2D eigenvalue weighted by Crippen LogP contribution is 2.33. The molecule has 2 heterocycles. The number of nitrogens with one attached hydrogen (secondary N) is 2. The van der Waals surface area contributed by atoms with Crippen LogP contribution in [0.3, 0.4) is 0 Å². The zero-order valence-corrected chi connectivity index (χ0v) is 15.2. The minimum Gasteiger partial charge on any atom is -0.338 e. The number of anilines is 1. The fraction of sp³-hybridized carbons (Fsp3) is 0.412. The summed E-state index contributed by atoms with van der Waals surface area (Å²) in [6.45, 7) is 3.28. The number of hydrogen-bond acceptors (Lipinski definition) is 5. The van der Waals surface area contributed by atoms with Crippen molar-refractivity contribution in [3.8, 4) is 0 Å². The van der Waals surface area contributed by atoms with Crippen molar-refractivity contribution in [1.82, 2.24) is 20.4 Å². The molecule has 0 saturated carbocycles. The molecule has 1 aromatic carbocycles. The van der Waals surface area contributed by atoms with Crippen LogP contribution < -0.4 is 10.6 Å². The molecule has 1 aliphatic heterocycles. The van der Waals surface area contributed by atoms with Crippen LogP contribution in [0.25, 0.3) is 0 Å². The number of nitrogens with zero attached hydrogens (tertiary/aromatic N) is 3. The number of halogens is 1. The third-order valence-corrected chi connectivity index (χ3v) is 5.07. The molecule has 2 aromatic rings. The van der Waals surface area contributed by atoms with Gasteiger partial charge in [0.1, 0.15) is 10.8 Å². The van der Waals surface area contributed by atoms with Crippen LogP contribution >= 0.6 is 11.3 Å². The van der Waals surface area contributed by atoms with Crippen molar-refractivity contribution >= 4 is 29.0 Å². The SMILES string of the molecule is CCCNC(=O)N1CCCC1c1nnc(C(=O)Nc2cccc(F)c2)s1. The number of benzene rings is 1. The zero-order valence-electron chi connectivity index (χ0n) is 14.4. The first kappa shape index (κ1) is 18.2. The number of amides is 3. The Morgan fingerprint density at radius 2 is 2.23 bits per heavy atom. The summed E-state index contributed by atoms with van der Waals surface area (Å²) in [4.78, 5) is 26.3. The fourth-order valence-corrected chi connectivity index (χ4v) is 3.70. The third-order valence-electron chi connectivity index (χ3n) is 4.04. The molecule has 1 unspecified atom stereocenters. The van der Waals surface area contributed by atoms with Gasteiger partial charge in [0.05, 0.1) is 6.04 Å². The number of carbonyl (C=O) groups excluding carboxylic acids is 2. The van der Waals surface area contributed by atoms with Crippen LogP contribution in [0.2, 0.25) is 0 Å². The number of urea groups is 1. The van der Waals surface area contributed by atoms with Crippen molar-refractivity contribution in [2.75, 3.05) is 18.4 Å². The number of rotatable bonds is 5. The van der Waals surface area contributed by atoms with Crippen molar-refractivity contribution in [3.05, 3.63) is 40.1 Å². The van der Waals surface area contributed by atoms with Gasteiger partial charge in [-0.2, -0.15) is 0 Å². The first-order valence-electron chi connectivity index (χ1n) is 8.53. The molecule has 1 fully saturated rings. The predicted molar refractivity (Wildman–Crippen MR) is 96.6 cm³/mol. The van der Waals surface area contributed by atoms with Gasteiger partial charge in [-0.25, -0.2) is 9.18 Å². The molecule has 0 radical (unpaired) electrons. The Balaban J connectivity index is 1.68. The maximum absolute atomic E-state index is 13.2. The maximum Gasteiger partial charge on any atom is 0.317 e. The zero-order chi connectivity index (χ0) is 18.5. The molecule has 1 aliphatic rings. The van der Waals surface area contributed by atoms with Gasteiger partial charge in [0, 0.05) is 18.8 Å². The van der Waals surface area contributed by atoms with E-state index >= 15 is 0 Å². The lowest BCUT2D eigenvalue weighted by molar-refractivity contribution is 0.102. The number of carbonyl (C=O) groups is 2. The number of aromatic nitrogens is 2. The molecule has 3 amide bonds. The summed E-state index contributed by atoms with van der Waals surface area (Å²) in [5.74, 6) is -0.875. The third kappa shape index (κ3) is 4.16. The standard InChI is InChI=1S/C17H20FN5O2S/c1-2-8-19-17(25)23-9-4-7-13(23)15-21-22-16(26-15)14(24)20-12-6-3-5-11(18)10-12/h3,5-6,10,13H,2,4,7-9H2,1H3,(H,19,25)(H,20,24). The second-order valence-electron chi connectivity index (χ2n) is 5.99. The molecule has 7 nitrogen and oxygen atoms in total. The molecule has 1 aromatic heterocycles. The Morgan fingerprint density at radius 3 is 3.00 bits per heavy atom. The van der Waals surface area contributed by atoms with Crippen LogP contribution in [-0.2, 0) is 0 Å². The van der Waals surface area contributed by atoms with E-state index in [4.69, 9.17) is 0 Å². The van der Waals surface area contributed by atoms with Crippen LogP contribution in [0.4, 0.5) is 14.9 Å². The summed E-state index contributed by atoms with van der Waals surface area (Å²) < 4.78 is 13.2. The van der Waals surface area contributed by atoms with Crippen LogP contribution in [-0.4, -0.2) is 40.1 Å². The first-order chi connectivity index (χ1) is 12.6. The Hall–Kier alpha value is -2.55. The lowest BCUT2D eigenvalue weighted by atomic mass is 10.2. The van der Waals surface area contributed by atoms with Gasteiger partial charge < -0.3 is 15.5 Å². The lowest BCUT2D eigenvalue weighted by Crippen LogP contribution is -2.39. The van der Waals surface area contributed by atoms with Gasteiger partial charge in [-0.05, 0) is 37.5 Å². The van der Waals surface area contributed by atoms with Gasteiger partial charge in [0.25, 0.3) is 5.91 Å². The highest BCUT2D eigenvalue weighted by Gasteiger charge is 2.33. The second kappa shape index (κ2) is 8.22. The highest BCUT2D eigenvalue weighted by molar-refractivity contribution is 7.13. The summed E-state index contributed by atoms with van der Waals surface area (Å²) in [5, 5.41) is 14.3. The molecule has 9 heteroatoms. The van der Waals surface area contributed by atoms with Gasteiger partial charge in [-0.3, -0.25) is 4.79 Å². The van der Waals surface area contributed by atoms with Gasteiger partial charge in [0.15, 0.2) is 0 Å². The second-order valence-corrected chi connectivity index (χ2v) is 7.00. The van der Waals surface area contributed by atoms with Gasteiger partial charge in [-0.1, -0.05) is 24.3 Å². The monoisotopic (exact) mass is 377 g/mol. The van der Waals surface area contributed by atoms with Crippen molar-refractivity contribution in [3.63, 3.8) is 0 Å². The Bertz CT molecular complexity index is 797. The molecule has 138 valence electrons. The average Bonchev–Trinajstić information content (AvgIpc) is 3.28. The lowest BCUT2D eigenvalue weighted by Gasteiger charge is -2.22. The highest BCUT2D eigenvalue weighted by atomic mass is 32.1. The Labute approximate surface area is 154 Å². The van der Waals surface area contributed by atoms with E-state index in [1.165, 1.54) is 18.2 Å². The van der Waals surface area contributed by atoms with E-state index in [9.17, 15) is 14.0 Å². The normalized spacial score (nSPS) is 16.5. The average molecular weight is 377 g/mol. The van der Waals surface area contributed by atoms with Gasteiger partial charge in [-0.15, -0.1) is 10.2 Å². The summed E-state index contributed by atoms with van der Waals surface area (Å²) in [6.07, 6.45) is 2.54. The fourth-order valence-electron chi connectivity index (χ4n) is 2.81. The van der Waals surface area contributed by atoms with Crippen molar-refractivity contribution in [1.29, 1.82) is 0 Å². The van der Waals surface area contributed by atoms with E-state index in [2.05, 4.69) is 20.8 Å². The smallest absolute Gasteiger partial charge is 0.317 e. The minimum absolute atomic E-state index is 0.115. The first-order valence-corrected chi connectivity index (χ1v) is 9.35. The van der Waals surface area contributed by atoms with Crippen molar-refractivity contribution in [2.45, 2.75) is 32.2 Å². The van der Waals surface area contributed by atoms with Crippen LogP contribution in [0.15, 0.2) is 24.3 Å². The van der Waals surface area contributed by atoms with E-state index in [0.29, 0.717) is 23.8 Å². The van der Waals surface area contributed by atoms with Crippen LogP contribution in [0.5, 0.6) is 0 Å². The molecule has 0 bridgehead atoms. The molecule has 1 atom stereocenters. The summed E-state index contributed by atoms with van der Waals surface area (Å²) >= 11 is 1.16. The predicted octanol–water partition coefficient (Wildman–Crippen LogP) is 3.19. The molecule has 0 spiro atoms.